The number of benzene rings is 2. The second-order valence-corrected chi connectivity index (χ2v) is 10.9. The van der Waals surface area contributed by atoms with Gasteiger partial charge >= 0.3 is 11.9 Å². The van der Waals surface area contributed by atoms with Crippen LogP contribution in [0.1, 0.15) is 38.1 Å². The number of aromatic nitrogens is 1. The highest BCUT2D eigenvalue weighted by Crippen LogP contribution is 2.36. The van der Waals surface area contributed by atoms with Crippen molar-refractivity contribution in [2.75, 3.05) is 13.7 Å². The largest absolute Gasteiger partial charge is 0.493 e. The van der Waals surface area contributed by atoms with Crippen LogP contribution in [0.2, 0.25) is 0 Å². The fraction of sp³-hybridized carbons (Fsp3) is 0.200. The molecule has 0 radical (unpaired) electrons. The molecule has 11 heteroatoms. The number of carbonyl (C=O) groups excluding carboxylic acids is 2. The van der Waals surface area contributed by atoms with E-state index in [1.165, 1.54) is 29.9 Å². The molecule has 0 aliphatic carbocycles. The minimum absolute atomic E-state index is 0.153. The lowest BCUT2D eigenvalue weighted by molar-refractivity contribution is -0.139. The van der Waals surface area contributed by atoms with Gasteiger partial charge in [-0.25, -0.2) is 9.79 Å². The Morgan fingerprint density at radius 3 is 2.56 bits per heavy atom. The highest BCUT2D eigenvalue weighted by molar-refractivity contribution is 9.10. The Bertz CT molecular complexity index is 1870. The number of esters is 2. The van der Waals surface area contributed by atoms with E-state index < -0.39 is 18.0 Å². The summed E-state index contributed by atoms with van der Waals surface area (Å²) in [5.41, 5.74) is 1.76. The van der Waals surface area contributed by atoms with Gasteiger partial charge in [0, 0.05) is 23.0 Å². The Morgan fingerprint density at radius 1 is 1.12 bits per heavy atom. The van der Waals surface area contributed by atoms with Crippen molar-refractivity contribution in [1.29, 1.82) is 0 Å². The van der Waals surface area contributed by atoms with Crippen LogP contribution >= 0.6 is 27.3 Å². The van der Waals surface area contributed by atoms with Crippen molar-refractivity contribution in [1.82, 2.24) is 4.57 Å². The summed E-state index contributed by atoms with van der Waals surface area (Å²) in [7, 11) is 1.44. The van der Waals surface area contributed by atoms with Gasteiger partial charge in [-0.3, -0.25) is 14.2 Å². The number of rotatable bonds is 7. The summed E-state index contributed by atoms with van der Waals surface area (Å²) >= 11 is 4.62. The molecular weight excluding hydrogens is 612 g/mol. The van der Waals surface area contributed by atoms with E-state index in [1.54, 1.807) is 44.2 Å². The molecule has 0 N–H and O–H groups in total. The smallest absolute Gasteiger partial charge is 0.338 e. The molecule has 1 aliphatic rings. The van der Waals surface area contributed by atoms with E-state index in [4.69, 9.17) is 18.6 Å². The van der Waals surface area contributed by atoms with Crippen molar-refractivity contribution in [3.8, 4) is 22.8 Å². The number of hydrogen-bond acceptors (Lipinski definition) is 9. The molecule has 0 amide bonds. The first-order valence-corrected chi connectivity index (χ1v) is 14.2. The van der Waals surface area contributed by atoms with Crippen LogP contribution in [-0.2, 0) is 14.3 Å². The monoisotopic (exact) mass is 636 g/mol. The van der Waals surface area contributed by atoms with Crippen LogP contribution in [0.25, 0.3) is 17.4 Å². The number of furan rings is 1. The van der Waals surface area contributed by atoms with Crippen molar-refractivity contribution in [3.05, 3.63) is 101 Å². The molecule has 1 atom stereocenters. The van der Waals surface area contributed by atoms with E-state index in [0.717, 1.165) is 10.0 Å². The number of ether oxygens (including phenoxy) is 3. The Balaban J connectivity index is 1.64. The van der Waals surface area contributed by atoms with Crippen LogP contribution in [0.15, 0.2) is 84.5 Å². The second-order valence-electron chi connectivity index (χ2n) is 9.02. The van der Waals surface area contributed by atoms with E-state index in [-0.39, 0.29) is 29.2 Å². The molecule has 210 valence electrons. The molecule has 0 spiro atoms. The number of nitrogens with zero attached hydrogens (tertiary/aromatic N) is 2. The van der Waals surface area contributed by atoms with E-state index in [9.17, 15) is 14.4 Å². The first kappa shape index (κ1) is 28.3. The molecule has 0 bridgehead atoms. The van der Waals surface area contributed by atoms with Crippen LogP contribution in [0.4, 0.5) is 0 Å². The molecule has 0 saturated heterocycles. The number of fused-ring (bicyclic) bond motifs is 1. The fourth-order valence-corrected chi connectivity index (χ4v) is 5.82. The van der Waals surface area contributed by atoms with Crippen molar-refractivity contribution in [2.45, 2.75) is 26.8 Å². The van der Waals surface area contributed by atoms with Crippen molar-refractivity contribution in [2.24, 2.45) is 4.99 Å². The number of thiazole rings is 1. The predicted octanol–water partition coefficient (Wildman–Crippen LogP) is 4.75. The molecule has 2 aromatic heterocycles. The molecule has 41 heavy (non-hydrogen) atoms. The molecular formula is C30H25BrN2O7S. The minimum Gasteiger partial charge on any atom is -0.493 e. The Morgan fingerprint density at radius 2 is 1.88 bits per heavy atom. The maximum absolute atomic E-state index is 13.9. The van der Waals surface area contributed by atoms with Crippen LogP contribution in [0, 0.1) is 0 Å². The highest BCUT2D eigenvalue weighted by atomic mass is 79.9. The lowest BCUT2D eigenvalue weighted by Gasteiger charge is -2.25. The third-order valence-electron chi connectivity index (χ3n) is 6.30. The van der Waals surface area contributed by atoms with Crippen LogP contribution < -0.4 is 24.4 Å². The summed E-state index contributed by atoms with van der Waals surface area (Å²) in [6, 6.07) is 15.4. The summed E-state index contributed by atoms with van der Waals surface area (Å²) < 4.78 is 24.9. The van der Waals surface area contributed by atoms with Gasteiger partial charge in [0.05, 0.1) is 35.6 Å². The average molecular weight is 638 g/mol. The summed E-state index contributed by atoms with van der Waals surface area (Å²) in [4.78, 5) is 43.6. The van der Waals surface area contributed by atoms with Gasteiger partial charge in [-0.1, -0.05) is 45.5 Å². The highest BCUT2D eigenvalue weighted by Gasteiger charge is 2.34. The van der Waals surface area contributed by atoms with E-state index in [0.29, 0.717) is 32.1 Å². The van der Waals surface area contributed by atoms with Gasteiger partial charge < -0.3 is 18.6 Å². The average Bonchev–Trinajstić information content (AvgIpc) is 3.52. The first-order chi connectivity index (χ1) is 19.7. The lowest BCUT2D eigenvalue weighted by Crippen LogP contribution is -2.39. The standard InChI is InChI=1S/C30H25BrN2O7S/c1-5-38-29(36)26-16(2)32-30-33(27(26)19-8-12-23(39-17(3)34)24(14-19)37-4)28(35)25(41-30)15-21-11-13-22(40-21)18-6-9-20(31)10-7-18/h6-15,27H,5H2,1-4H3/b25-15-/t27-/m0/s1. The Hall–Kier alpha value is -4.22. The van der Waals surface area contributed by atoms with Crippen LogP contribution in [-0.4, -0.2) is 30.2 Å². The molecule has 5 rings (SSSR count). The number of allylic oxidation sites excluding steroid dienone is 1. The SMILES string of the molecule is CCOC(=O)C1=C(C)N=c2s/c(=C\c3ccc(-c4ccc(Br)cc4)o3)c(=O)n2[C@H]1c1ccc(OC(C)=O)c(OC)c1. The predicted molar refractivity (Wildman–Crippen MR) is 157 cm³/mol. The summed E-state index contributed by atoms with van der Waals surface area (Å²) in [5, 5.41) is 0. The minimum atomic E-state index is -0.859. The van der Waals surface area contributed by atoms with Gasteiger partial charge in [0.1, 0.15) is 11.5 Å². The van der Waals surface area contributed by atoms with Crippen molar-refractivity contribution in [3.63, 3.8) is 0 Å². The lowest BCUT2D eigenvalue weighted by atomic mass is 9.95. The molecule has 4 aromatic rings. The molecule has 0 unspecified atom stereocenters. The third-order valence-corrected chi connectivity index (χ3v) is 7.81. The maximum Gasteiger partial charge on any atom is 0.338 e. The van der Waals surface area contributed by atoms with E-state index in [2.05, 4.69) is 20.9 Å². The van der Waals surface area contributed by atoms with Crippen LogP contribution in [0.5, 0.6) is 11.5 Å². The van der Waals surface area contributed by atoms with Gasteiger partial charge in [0.2, 0.25) is 0 Å². The summed E-state index contributed by atoms with van der Waals surface area (Å²) in [6.45, 7) is 4.86. The van der Waals surface area contributed by atoms with Gasteiger partial charge in [-0.15, -0.1) is 0 Å². The van der Waals surface area contributed by atoms with Gasteiger partial charge in [0.15, 0.2) is 16.3 Å². The zero-order valence-corrected chi connectivity index (χ0v) is 25.0. The summed E-state index contributed by atoms with van der Waals surface area (Å²) in [5.74, 6) is 0.561. The molecule has 9 nitrogen and oxygen atoms in total. The number of carbonyl (C=O) groups is 2. The maximum atomic E-state index is 13.9. The van der Waals surface area contributed by atoms with E-state index >= 15 is 0 Å². The quantitative estimate of drug-likeness (QED) is 0.213. The second kappa shape index (κ2) is 11.7. The van der Waals surface area contributed by atoms with Crippen molar-refractivity contribution < 1.29 is 28.2 Å². The molecule has 0 saturated carbocycles. The fourth-order valence-electron chi connectivity index (χ4n) is 4.53. The topological polar surface area (TPSA) is 109 Å². The zero-order chi connectivity index (χ0) is 29.3. The normalized spacial score (nSPS) is 14.9. The molecule has 3 heterocycles. The molecule has 0 fully saturated rings. The van der Waals surface area contributed by atoms with Crippen LogP contribution in [0.3, 0.4) is 0 Å². The van der Waals surface area contributed by atoms with Gasteiger partial charge in [-0.2, -0.15) is 0 Å². The van der Waals surface area contributed by atoms with Gasteiger partial charge in [-0.05, 0) is 55.8 Å². The number of methoxy groups -OCH3 is 1. The van der Waals surface area contributed by atoms with Crippen molar-refractivity contribution >= 4 is 45.3 Å². The Kier molecular flexibility index (Phi) is 8.09. The summed E-state index contributed by atoms with van der Waals surface area (Å²) in [6.07, 6.45) is 1.66. The molecule has 1 aliphatic heterocycles. The first-order valence-electron chi connectivity index (χ1n) is 12.6. The third kappa shape index (κ3) is 5.68. The van der Waals surface area contributed by atoms with Gasteiger partial charge in [0.25, 0.3) is 5.56 Å². The zero-order valence-electron chi connectivity index (χ0n) is 22.6. The molecule has 2 aromatic carbocycles. The Labute approximate surface area is 247 Å². The number of hydrogen-bond donors (Lipinski definition) is 0. The van der Waals surface area contributed by atoms with E-state index in [1.807, 2.05) is 30.3 Å². The number of halogens is 1.